The Morgan fingerprint density at radius 2 is 1.56 bits per heavy atom. The Bertz CT molecular complexity index is 1390. The van der Waals surface area contributed by atoms with Crippen LogP contribution in [0.5, 0.6) is 0 Å². The Kier molecular flexibility index (Phi) is 9.01. The first-order chi connectivity index (χ1) is 18.7. The summed E-state index contributed by atoms with van der Waals surface area (Å²) in [6, 6.07) is 19.9. The van der Waals surface area contributed by atoms with E-state index in [1.165, 1.54) is 23.1 Å². The van der Waals surface area contributed by atoms with Crippen molar-refractivity contribution in [1.82, 2.24) is 10.2 Å². The molecule has 9 heteroatoms. The van der Waals surface area contributed by atoms with Crippen molar-refractivity contribution in [1.29, 1.82) is 0 Å². The van der Waals surface area contributed by atoms with Crippen molar-refractivity contribution in [2.24, 2.45) is 0 Å². The number of amides is 2. The van der Waals surface area contributed by atoms with Crippen molar-refractivity contribution in [3.63, 3.8) is 0 Å². The molecule has 39 heavy (non-hydrogen) atoms. The van der Waals surface area contributed by atoms with Gasteiger partial charge in [-0.25, -0.2) is 12.8 Å². The summed E-state index contributed by atoms with van der Waals surface area (Å²) >= 11 is 0. The van der Waals surface area contributed by atoms with Crippen molar-refractivity contribution >= 4 is 27.5 Å². The van der Waals surface area contributed by atoms with Gasteiger partial charge in [0.05, 0.1) is 10.6 Å². The number of benzene rings is 3. The predicted molar refractivity (Wildman–Crippen MR) is 149 cm³/mol. The molecular formula is C30H34FN3O4S. The molecule has 0 bridgehead atoms. The van der Waals surface area contributed by atoms with Gasteiger partial charge in [-0.15, -0.1) is 0 Å². The van der Waals surface area contributed by atoms with Crippen molar-refractivity contribution < 1.29 is 22.4 Å². The standard InChI is InChI=1S/C30H34FN3O4S/c1-22-16-18-27(19-17-22)39(37,38)34(26-13-4-3-5-14-26)21-29(35)33(20-24-10-6-9-15-28(24)31)23(2)30(36)32-25-11-7-8-12-25/h3-6,9-10,13-19,23,25H,7-8,11-12,20-21H2,1-2H3,(H,32,36)/t23-/m1/s1. The van der Waals surface area contributed by atoms with Crippen LogP contribution in [-0.4, -0.2) is 43.8 Å². The molecule has 3 aromatic rings. The highest BCUT2D eigenvalue weighted by molar-refractivity contribution is 7.92. The summed E-state index contributed by atoms with van der Waals surface area (Å²) in [5, 5.41) is 3.00. The molecule has 1 N–H and O–H groups in total. The van der Waals surface area contributed by atoms with E-state index in [-0.39, 0.29) is 29.0 Å². The van der Waals surface area contributed by atoms with Crippen LogP contribution in [0.15, 0.2) is 83.8 Å². The summed E-state index contributed by atoms with van der Waals surface area (Å²) in [6.45, 7) is 2.70. The van der Waals surface area contributed by atoms with Crippen LogP contribution in [0.4, 0.5) is 10.1 Å². The zero-order chi connectivity index (χ0) is 28.0. The van der Waals surface area contributed by atoms with Gasteiger partial charge in [-0.05, 0) is 57.0 Å². The van der Waals surface area contributed by atoms with E-state index in [0.29, 0.717) is 5.69 Å². The van der Waals surface area contributed by atoms with Crippen molar-refractivity contribution in [2.75, 3.05) is 10.8 Å². The molecule has 1 fully saturated rings. The largest absolute Gasteiger partial charge is 0.352 e. The number of hydrogen-bond acceptors (Lipinski definition) is 4. The van der Waals surface area contributed by atoms with Crippen molar-refractivity contribution in [3.8, 4) is 0 Å². The van der Waals surface area contributed by atoms with Gasteiger partial charge in [0, 0.05) is 18.2 Å². The van der Waals surface area contributed by atoms with Crippen LogP contribution in [0.3, 0.4) is 0 Å². The lowest BCUT2D eigenvalue weighted by Gasteiger charge is -2.32. The van der Waals surface area contributed by atoms with Crippen LogP contribution in [0.1, 0.15) is 43.7 Å². The maximum absolute atomic E-state index is 14.6. The van der Waals surface area contributed by atoms with Crippen LogP contribution < -0.4 is 9.62 Å². The first-order valence-corrected chi connectivity index (χ1v) is 14.6. The number of carbonyl (C=O) groups excluding carboxylic acids is 2. The maximum Gasteiger partial charge on any atom is 0.264 e. The molecule has 206 valence electrons. The summed E-state index contributed by atoms with van der Waals surface area (Å²) in [6.07, 6.45) is 3.80. The lowest BCUT2D eigenvalue weighted by Crippen LogP contribution is -2.52. The van der Waals surface area contributed by atoms with Gasteiger partial charge in [0.1, 0.15) is 18.4 Å². The van der Waals surface area contributed by atoms with E-state index >= 15 is 0 Å². The molecule has 2 amide bonds. The zero-order valence-corrected chi connectivity index (χ0v) is 23.0. The maximum atomic E-state index is 14.6. The molecule has 0 spiro atoms. The molecule has 4 rings (SSSR count). The summed E-state index contributed by atoms with van der Waals surface area (Å²) < 4.78 is 43.2. The Morgan fingerprint density at radius 1 is 0.949 bits per heavy atom. The number of para-hydroxylation sites is 1. The van der Waals surface area contributed by atoms with E-state index < -0.39 is 34.3 Å². The van der Waals surface area contributed by atoms with Crippen molar-refractivity contribution in [2.45, 2.75) is 63.1 Å². The van der Waals surface area contributed by atoms with Gasteiger partial charge in [0.15, 0.2) is 0 Å². The van der Waals surface area contributed by atoms with Crippen LogP contribution in [0.25, 0.3) is 0 Å². The third-order valence-corrected chi connectivity index (χ3v) is 8.89. The lowest BCUT2D eigenvalue weighted by molar-refractivity contribution is -0.139. The Labute approximate surface area is 229 Å². The molecule has 0 aromatic heterocycles. The first kappa shape index (κ1) is 28.3. The van der Waals surface area contributed by atoms with Gasteiger partial charge in [0.25, 0.3) is 10.0 Å². The number of nitrogens with zero attached hydrogens (tertiary/aromatic N) is 2. The summed E-state index contributed by atoms with van der Waals surface area (Å²) in [5.41, 5.74) is 1.44. The van der Waals surface area contributed by atoms with E-state index in [4.69, 9.17) is 0 Å². The van der Waals surface area contributed by atoms with Gasteiger partial charge >= 0.3 is 0 Å². The van der Waals surface area contributed by atoms with Gasteiger partial charge in [-0.1, -0.05) is 66.9 Å². The number of anilines is 1. The number of sulfonamides is 1. The van der Waals surface area contributed by atoms with Crippen LogP contribution >= 0.6 is 0 Å². The van der Waals surface area contributed by atoms with Gasteiger partial charge < -0.3 is 10.2 Å². The fraction of sp³-hybridized carbons (Fsp3) is 0.333. The number of aryl methyl sites for hydroxylation is 1. The fourth-order valence-corrected chi connectivity index (χ4v) is 6.16. The average molecular weight is 552 g/mol. The van der Waals surface area contributed by atoms with Crippen LogP contribution in [0.2, 0.25) is 0 Å². The van der Waals surface area contributed by atoms with Crippen molar-refractivity contribution in [3.05, 3.63) is 95.8 Å². The molecule has 0 aliphatic heterocycles. The summed E-state index contributed by atoms with van der Waals surface area (Å²) in [4.78, 5) is 28.4. The van der Waals surface area contributed by atoms with Crippen LogP contribution in [0, 0.1) is 12.7 Å². The normalized spacial score (nSPS) is 14.5. The smallest absolute Gasteiger partial charge is 0.264 e. The minimum Gasteiger partial charge on any atom is -0.352 e. The molecular weight excluding hydrogens is 517 g/mol. The molecule has 1 saturated carbocycles. The number of carbonyl (C=O) groups is 2. The monoisotopic (exact) mass is 551 g/mol. The second kappa shape index (κ2) is 12.4. The van der Waals surface area contributed by atoms with E-state index in [9.17, 15) is 22.4 Å². The topological polar surface area (TPSA) is 86.8 Å². The van der Waals surface area contributed by atoms with Gasteiger partial charge in [-0.3, -0.25) is 13.9 Å². The molecule has 0 saturated heterocycles. The second-order valence-electron chi connectivity index (χ2n) is 9.94. The SMILES string of the molecule is Cc1ccc(S(=O)(=O)N(CC(=O)N(Cc2ccccc2F)[C@H](C)C(=O)NC2CCCC2)c2ccccc2)cc1. The third-order valence-electron chi connectivity index (χ3n) is 7.10. The summed E-state index contributed by atoms with van der Waals surface area (Å²) in [5.74, 6) is -1.47. The molecule has 0 radical (unpaired) electrons. The molecule has 1 aliphatic carbocycles. The Balaban J connectivity index is 1.67. The number of rotatable bonds is 10. The highest BCUT2D eigenvalue weighted by Gasteiger charge is 2.33. The minimum atomic E-state index is -4.13. The van der Waals surface area contributed by atoms with Crippen LogP contribution in [-0.2, 0) is 26.2 Å². The lowest BCUT2D eigenvalue weighted by atomic mass is 10.1. The molecule has 1 atom stereocenters. The quantitative estimate of drug-likeness (QED) is 0.392. The van der Waals surface area contributed by atoms with Gasteiger partial charge in [0.2, 0.25) is 11.8 Å². The molecule has 1 aliphatic rings. The van der Waals surface area contributed by atoms with Gasteiger partial charge in [-0.2, -0.15) is 0 Å². The fourth-order valence-electron chi connectivity index (χ4n) is 4.75. The first-order valence-electron chi connectivity index (χ1n) is 13.1. The third kappa shape index (κ3) is 6.84. The Morgan fingerprint density at radius 3 is 2.21 bits per heavy atom. The van der Waals surface area contributed by atoms with E-state index in [0.717, 1.165) is 35.6 Å². The summed E-state index contributed by atoms with van der Waals surface area (Å²) in [7, 11) is -4.13. The molecule has 0 unspecified atom stereocenters. The van der Waals surface area contributed by atoms with E-state index in [2.05, 4.69) is 5.32 Å². The van der Waals surface area contributed by atoms with E-state index in [1.54, 1.807) is 67.6 Å². The molecule has 3 aromatic carbocycles. The predicted octanol–water partition coefficient (Wildman–Crippen LogP) is 4.81. The average Bonchev–Trinajstić information content (AvgIpc) is 3.44. The number of hydrogen-bond donors (Lipinski definition) is 1. The highest BCUT2D eigenvalue weighted by Crippen LogP contribution is 2.25. The zero-order valence-electron chi connectivity index (χ0n) is 22.2. The number of halogens is 1. The van der Waals surface area contributed by atoms with E-state index in [1.807, 2.05) is 6.92 Å². The number of nitrogens with one attached hydrogen (secondary N) is 1. The minimum absolute atomic E-state index is 0.0353. The highest BCUT2D eigenvalue weighted by atomic mass is 32.2. The Hall–Kier alpha value is -3.72. The molecule has 0 heterocycles. The second-order valence-corrected chi connectivity index (χ2v) is 11.8. The molecule has 7 nitrogen and oxygen atoms in total.